The minimum Gasteiger partial charge on any atom is -0.381 e. The Bertz CT molecular complexity index is 215. The largest absolute Gasteiger partial charge is 0.381 e. The van der Waals surface area contributed by atoms with Gasteiger partial charge in [0, 0.05) is 13.2 Å². The highest BCUT2D eigenvalue weighted by atomic mass is 16.5. The maximum Gasteiger partial charge on any atom is 0.0497 e. The van der Waals surface area contributed by atoms with Crippen molar-refractivity contribution >= 4 is 0 Å². The number of ether oxygens (including phenoxy) is 1. The summed E-state index contributed by atoms with van der Waals surface area (Å²) in [6.07, 6.45) is 6.43. The maximum atomic E-state index is 5.82. The van der Waals surface area contributed by atoms with Crippen molar-refractivity contribution in [3.05, 3.63) is 0 Å². The van der Waals surface area contributed by atoms with Gasteiger partial charge in [0.1, 0.15) is 0 Å². The van der Waals surface area contributed by atoms with E-state index in [2.05, 4.69) is 33.0 Å². The standard InChI is InChI=1S/C16H33NO/c1-5-9-17-12-14-7-8-16(3,4)11-15(14)13-18-10-6-2/h14-15,17H,5-13H2,1-4H3. The van der Waals surface area contributed by atoms with Crippen molar-refractivity contribution in [1.82, 2.24) is 5.32 Å². The Labute approximate surface area is 114 Å². The van der Waals surface area contributed by atoms with E-state index in [9.17, 15) is 0 Å². The first-order valence-corrected chi connectivity index (χ1v) is 7.87. The number of hydrogen-bond donors (Lipinski definition) is 1. The van der Waals surface area contributed by atoms with Crippen LogP contribution in [-0.2, 0) is 4.74 Å². The molecule has 1 N–H and O–H groups in total. The molecule has 0 aromatic heterocycles. The van der Waals surface area contributed by atoms with Crippen LogP contribution < -0.4 is 5.32 Å². The van der Waals surface area contributed by atoms with Gasteiger partial charge >= 0.3 is 0 Å². The normalized spacial score (nSPS) is 27.3. The van der Waals surface area contributed by atoms with Crippen LogP contribution in [0.3, 0.4) is 0 Å². The second kappa shape index (κ2) is 8.16. The fourth-order valence-electron chi connectivity index (χ4n) is 3.10. The van der Waals surface area contributed by atoms with Crippen LogP contribution in [0.5, 0.6) is 0 Å². The first kappa shape index (κ1) is 16.0. The quantitative estimate of drug-likeness (QED) is 0.665. The molecule has 2 unspecified atom stereocenters. The van der Waals surface area contributed by atoms with Crippen molar-refractivity contribution in [3.8, 4) is 0 Å². The lowest BCUT2D eigenvalue weighted by Crippen LogP contribution is -2.38. The molecule has 0 spiro atoms. The molecule has 0 amide bonds. The highest BCUT2D eigenvalue weighted by Gasteiger charge is 2.34. The van der Waals surface area contributed by atoms with E-state index < -0.39 is 0 Å². The van der Waals surface area contributed by atoms with Crippen LogP contribution in [0, 0.1) is 17.3 Å². The summed E-state index contributed by atoms with van der Waals surface area (Å²) < 4.78 is 5.82. The number of nitrogens with one attached hydrogen (secondary N) is 1. The van der Waals surface area contributed by atoms with E-state index in [-0.39, 0.29) is 0 Å². The third kappa shape index (κ3) is 5.71. The van der Waals surface area contributed by atoms with Crippen molar-refractivity contribution in [2.24, 2.45) is 17.3 Å². The first-order chi connectivity index (χ1) is 8.59. The lowest BCUT2D eigenvalue weighted by atomic mass is 9.67. The molecule has 0 heterocycles. The predicted octanol–water partition coefficient (Wildman–Crippen LogP) is 3.86. The Balaban J connectivity index is 2.40. The lowest BCUT2D eigenvalue weighted by Gasteiger charge is -2.41. The molecule has 2 nitrogen and oxygen atoms in total. The van der Waals surface area contributed by atoms with Gasteiger partial charge in [0.15, 0.2) is 0 Å². The summed E-state index contributed by atoms with van der Waals surface area (Å²) in [5, 5.41) is 3.60. The van der Waals surface area contributed by atoms with Crippen LogP contribution in [0.25, 0.3) is 0 Å². The maximum absolute atomic E-state index is 5.82. The van der Waals surface area contributed by atoms with E-state index in [1.54, 1.807) is 0 Å². The molecule has 2 atom stereocenters. The smallest absolute Gasteiger partial charge is 0.0497 e. The molecule has 0 aromatic rings. The van der Waals surface area contributed by atoms with E-state index >= 15 is 0 Å². The Morgan fingerprint density at radius 1 is 1.17 bits per heavy atom. The summed E-state index contributed by atoms with van der Waals surface area (Å²) in [6.45, 7) is 13.5. The van der Waals surface area contributed by atoms with Gasteiger partial charge in [-0.15, -0.1) is 0 Å². The van der Waals surface area contributed by atoms with Gasteiger partial charge in [-0.3, -0.25) is 0 Å². The van der Waals surface area contributed by atoms with E-state index in [4.69, 9.17) is 4.74 Å². The molecule has 0 bridgehead atoms. The predicted molar refractivity (Wildman–Crippen MR) is 78.9 cm³/mol. The summed E-state index contributed by atoms with van der Waals surface area (Å²) in [7, 11) is 0. The molecule has 0 aromatic carbocycles. The SMILES string of the molecule is CCCNCC1CCC(C)(C)CC1COCCC. The van der Waals surface area contributed by atoms with Crippen molar-refractivity contribution in [3.63, 3.8) is 0 Å². The minimum atomic E-state index is 0.515. The molecule has 1 fully saturated rings. The van der Waals surface area contributed by atoms with Gasteiger partial charge in [0.25, 0.3) is 0 Å². The summed E-state index contributed by atoms with van der Waals surface area (Å²) in [4.78, 5) is 0. The molecule has 1 saturated carbocycles. The number of rotatable bonds is 8. The topological polar surface area (TPSA) is 21.3 Å². The molecule has 1 aliphatic carbocycles. The zero-order valence-corrected chi connectivity index (χ0v) is 12.9. The van der Waals surface area contributed by atoms with Gasteiger partial charge in [-0.25, -0.2) is 0 Å². The van der Waals surface area contributed by atoms with E-state index in [0.29, 0.717) is 5.41 Å². The summed E-state index contributed by atoms with van der Waals surface area (Å²) in [5.74, 6) is 1.58. The van der Waals surface area contributed by atoms with Gasteiger partial charge in [-0.05, 0) is 62.4 Å². The van der Waals surface area contributed by atoms with Crippen LogP contribution in [0.15, 0.2) is 0 Å². The third-order valence-electron chi connectivity index (χ3n) is 4.19. The lowest BCUT2D eigenvalue weighted by molar-refractivity contribution is 0.0251. The van der Waals surface area contributed by atoms with Crippen molar-refractivity contribution < 1.29 is 4.74 Å². The molecule has 1 rings (SSSR count). The van der Waals surface area contributed by atoms with Crippen molar-refractivity contribution in [2.45, 2.75) is 59.8 Å². The average Bonchev–Trinajstić information content (AvgIpc) is 2.32. The molecule has 18 heavy (non-hydrogen) atoms. The Hall–Kier alpha value is -0.0800. The zero-order chi connectivity index (χ0) is 13.4. The molecular formula is C16H33NO. The summed E-state index contributed by atoms with van der Waals surface area (Å²) in [5.41, 5.74) is 0.515. The van der Waals surface area contributed by atoms with Crippen LogP contribution in [-0.4, -0.2) is 26.3 Å². The average molecular weight is 255 g/mol. The molecular weight excluding hydrogens is 222 g/mol. The van der Waals surface area contributed by atoms with E-state index in [1.807, 2.05) is 0 Å². The van der Waals surface area contributed by atoms with Gasteiger partial charge in [0.2, 0.25) is 0 Å². The van der Waals surface area contributed by atoms with Gasteiger partial charge in [-0.2, -0.15) is 0 Å². The summed E-state index contributed by atoms with van der Waals surface area (Å²) >= 11 is 0. The van der Waals surface area contributed by atoms with Gasteiger partial charge in [0.05, 0.1) is 0 Å². The van der Waals surface area contributed by atoms with Crippen molar-refractivity contribution in [2.75, 3.05) is 26.3 Å². The fourth-order valence-corrected chi connectivity index (χ4v) is 3.10. The molecule has 0 radical (unpaired) electrons. The summed E-state index contributed by atoms with van der Waals surface area (Å²) in [6, 6.07) is 0. The molecule has 2 heteroatoms. The molecule has 108 valence electrons. The minimum absolute atomic E-state index is 0.515. The third-order valence-corrected chi connectivity index (χ3v) is 4.19. The highest BCUT2D eigenvalue weighted by molar-refractivity contribution is 4.85. The Morgan fingerprint density at radius 2 is 1.94 bits per heavy atom. The van der Waals surface area contributed by atoms with Crippen LogP contribution in [0.2, 0.25) is 0 Å². The fraction of sp³-hybridized carbons (Fsp3) is 1.00. The second-order valence-corrected chi connectivity index (χ2v) is 6.71. The van der Waals surface area contributed by atoms with Gasteiger partial charge < -0.3 is 10.1 Å². The highest BCUT2D eigenvalue weighted by Crippen LogP contribution is 2.41. The molecule has 0 aliphatic heterocycles. The van der Waals surface area contributed by atoms with Crippen molar-refractivity contribution in [1.29, 1.82) is 0 Å². The van der Waals surface area contributed by atoms with E-state index in [1.165, 1.54) is 32.2 Å². The second-order valence-electron chi connectivity index (χ2n) is 6.71. The van der Waals surface area contributed by atoms with E-state index in [0.717, 1.165) is 38.0 Å². The first-order valence-electron chi connectivity index (χ1n) is 7.87. The van der Waals surface area contributed by atoms with Crippen LogP contribution in [0.4, 0.5) is 0 Å². The number of hydrogen-bond acceptors (Lipinski definition) is 2. The van der Waals surface area contributed by atoms with Gasteiger partial charge in [-0.1, -0.05) is 27.7 Å². The monoisotopic (exact) mass is 255 g/mol. The Morgan fingerprint density at radius 3 is 2.61 bits per heavy atom. The molecule has 1 aliphatic rings. The zero-order valence-electron chi connectivity index (χ0n) is 12.9. The van der Waals surface area contributed by atoms with Crippen LogP contribution >= 0.6 is 0 Å². The molecule has 0 saturated heterocycles. The Kier molecular flexibility index (Phi) is 7.25. The van der Waals surface area contributed by atoms with Crippen LogP contribution in [0.1, 0.15) is 59.8 Å².